The van der Waals surface area contributed by atoms with E-state index in [1.165, 1.54) is 0 Å². The Kier molecular flexibility index (Phi) is 10.5. The fourth-order valence-corrected chi connectivity index (χ4v) is 3.74. The van der Waals surface area contributed by atoms with Gasteiger partial charge in [-0.15, -0.1) is 0 Å². The second-order valence-corrected chi connectivity index (χ2v) is 8.28. The van der Waals surface area contributed by atoms with Crippen molar-refractivity contribution in [2.45, 2.75) is 66.0 Å². The molecule has 5 heteroatoms. The van der Waals surface area contributed by atoms with Gasteiger partial charge >= 0.3 is 0 Å². The normalized spacial score (nSPS) is 15.2. The Bertz CT molecular complexity index is 947. The first-order chi connectivity index (χ1) is 15.9. The van der Waals surface area contributed by atoms with Crippen molar-refractivity contribution in [2.75, 3.05) is 11.4 Å². The maximum atomic E-state index is 13.2. The van der Waals surface area contributed by atoms with Crippen LogP contribution in [0.1, 0.15) is 64.5 Å². The first-order valence-electron chi connectivity index (χ1n) is 11.7. The Hall–Kier alpha value is -3.21. The molecule has 1 aliphatic heterocycles. The molecule has 0 bridgehead atoms. The summed E-state index contributed by atoms with van der Waals surface area (Å²) in [7, 11) is 0. The van der Waals surface area contributed by atoms with E-state index in [0.29, 0.717) is 13.1 Å². The molecule has 176 valence electrons. The number of hydrogen-bond acceptors (Lipinski definition) is 3. The third-order valence-corrected chi connectivity index (χ3v) is 5.62. The number of para-hydroxylation sites is 1. The summed E-state index contributed by atoms with van der Waals surface area (Å²) in [5.74, 6) is -0.420. The van der Waals surface area contributed by atoms with Gasteiger partial charge in [0.2, 0.25) is 11.8 Å². The van der Waals surface area contributed by atoms with Crippen molar-refractivity contribution in [3.8, 4) is 0 Å². The summed E-state index contributed by atoms with van der Waals surface area (Å²) in [5, 5.41) is 0. The minimum Gasteiger partial charge on any atom is -0.336 e. The Labute approximate surface area is 198 Å². The van der Waals surface area contributed by atoms with Crippen LogP contribution in [0.5, 0.6) is 0 Å². The van der Waals surface area contributed by atoms with E-state index in [2.05, 4.69) is 18.0 Å². The number of anilines is 1. The van der Waals surface area contributed by atoms with Crippen molar-refractivity contribution in [3.63, 3.8) is 0 Å². The summed E-state index contributed by atoms with van der Waals surface area (Å²) in [4.78, 5) is 34.0. The van der Waals surface area contributed by atoms with Gasteiger partial charge in [0.25, 0.3) is 0 Å². The van der Waals surface area contributed by atoms with Crippen LogP contribution in [0.25, 0.3) is 0 Å². The van der Waals surface area contributed by atoms with E-state index < -0.39 is 5.92 Å². The Morgan fingerprint density at radius 1 is 1.09 bits per heavy atom. The molecule has 2 heterocycles. The Morgan fingerprint density at radius 3 is 2.36 bits per heavy atom. The van der Waals surface area contributed by atoms with E-state index in [0.717, 1.165) is 23.2 Å². The Balaban J connectivity index is 0.000000890. The SMILES string of the molecule is C/C=C\C.CC/C=C/CN1C(=O)C(CC(=O)N(Cc2ccncc2)C(C)C)c2ccccc21. The van der Waals surface area contributed by atoms with Crippen LogP contribution in [0.15, 0.2) is 73.1 Å². The van der Waals surface area contributed by atoms with Crippen LogP contribution in [0.2, 0.25) is 0 Å². The first-order valence-corrected chi connectivity index (χ1v) is 11.7. The van der Waals surface area contributed by atoms with E-state index in [4.69, 9.17) is 0 Å². The quantitative estimate of drug-likeness (QED) is 0.474. The summed E-state index contributed by atoms with van der Waals surface area (Å²) in [6.07, 6.45) is 12.7. The highest BCUT2D eigenvalue weighted by molar-refractivity contribution is 6.07. The minimum absolute atomic E-state index is 0.00378. The number of rotatable bonds is 8. The molecule has 33 heavy (non-hydrogen) atoms. The van der Waals surface area contributed by atoms with Crippen LogP contribution in [0.3, 0.4) is 0 Å². The van der Waals surface area contributed by atoms with Crippen molar-refractivity contribution >= 4 is 17.5 Å². The van der Waals surface area contributed by atoms with Crippen molar-refractivity contribution in [1.29, 1.82) is 0 Å². The van der Waals surface area contributed by atoms with Crippen LogP contribution >= 0.6 is 0 Å². The molecule has 1 aromatic heterocycles. The lowest BCUT2D eigenvalue weighted by atomic mass is 9.96. The van der Waals surface area contributed by atoms with Gasteiger partial charge in [0, 0.05) is 43.6 Å². The van der Waals surface area contributed by atoms with Crippen LogP contribution in [0.4, 0.5) is 5.69 Å². The number of amides is 2. The van der Waals surface area contributed by atoms with Crippen molar-refractivity contribution in [3.05, 3.63) is 84.2 Å². The number of carbonyl (C=O) groups is 2. The molecule has 0 aliphatic carbocycles. The number of hydrogen-bond donors (Lipinski definition) is 0. The lowest BCUT2D eigenvalue weighted by Gasteiger charge is -2.28. The number of allylic oxidation sites excluding steroid dienone is 3. The van der Waals surface area contributed by atoms with Crippen LogP contribution < -0.4 is 4.90 Å². The average molecular weight is 448 g/mol. The van der Waals surface area contributed by atoms with Gasteiger partial charge < -0.3 is 9.80 Å². The molecule has 1 aromatic carbocycles. The molecule has 0 spiro atoms. The summed E-state index contributed by atoms with van der Waals surface area (Å²) >= 11 is 0. The molecule has 0 fully saturated rings. The maximum Gasteiger partial charge on any atom is 0.235 e. The summed E-state index contributed by atoms with van der Waals surface area (Å²) < 4.78 is 0. The molecule has 0 radical (unpaired) electrons. The van der Waals surface area contributed by atoms with Gasteiger partial charge in [0.05, 0.1) is 5.92 Å². The van der Waals surface area contributed by atoms with E-state index >= 15 is 0 Å². The molecule has 1 atom stereocenters. The second kappa shape index (κ2) is 13.4. The molecule has 3 rings (SSSR count). The van der Waals surface area contributed by atoms with Gasteiger partial charge in [-0.1, -0.05) is 49.4 Å². The summed E-state index contributed by atoms with van der Waals surface area (Å²) in [6.45, 7) is 11.1. The summed E-state index contributed by atoms with van der Waals surface area (Å²) in [6, 6.07) is 11.7. The lowest BCUT2D eigenvalue weighted by Crippen LogP contribution is -2.38. The first kappa shape index (κ1) is 26.0. The highest BCUT2D eigenvalue weighted by Gasteiger charge is 2.38. The Morgan fingerprint density at radius 2 is 1.76 bits per heavy atom. The number of nitrogens with zero attached hydrogens (tertiary/aromatic N) is 3. The van der Waals surface area contributed by atoms with Crippen molar-refractivity contribution in [2.24, 2.45) is 0 Å². The molecule has 0 saturated carbocycles. The van der Waals surface area contributed by atoms with Gasteiger partial charge in [-0.25, -0.2) is 0 Å². The van der Waals surface area contributed by atoms with Crippen LogP contribution in [-0.2, 0) is 16.1 Å². The van der Waals surface area contributed by atoms with Gasteiger partial charge in [-0.2, -0.15) is 0 Å². The molecule has 2 aromatic rings. The number of carbonyl (C=O) groups excluding carboxylic acids is 2. The van der Waals surface area contributed by atoms with Gasteiger partial charge in [0.15, 0.2) is 0 Å². The zero-order valence-electron chi connectivity index (χ0n) is 20.6. The lowest BCUT2D eigenvalue weighted by molar-refractivity contribution is -0.135. The largest absolute Gasteiger partial charge is 0.336 e. The minimum atomic E-state index is -0.424. The predicted octanol–water partition coefficient (Wildman–Crippen LogP) is 5.89. The zero-order valence-corrected chi connectivity index (χ0v) is 20.6. The highest BCUT2D eigenvalue weighted by atomic mass is 16.2. The zero-order chi connectivity index (χ0) is 24.2. The fraction of sp³-hybridized carbons (Fsp3) is 0.393. The van der Waals surface area contributed by atoms with E-state index in [9.17, 15) is 9.59 Å². The molecule has 1 aliphatic rings. The standard InChI is InChI=1S/C24H29N3O2.C4H8/c1-4-5-8-15-26-22-10-7-6-9-20(22)21(24(26)29)16-23(28)27(18(2)3)17-19-11-13-25-14-12-19;1-3-4-2/h5-14,18,21H,4,15-17H2,1-3H3;3-4H,1-2H3/b8-5+;4-3-. The van der Waals surface area contributed by atoms with Crippen LogP contribution in [0, 0.1) is 0 Å². The number of benzene rings is 1. The average Bonchev–Trinajstić information content (AvgIpc) is 3.09. The van der Waals surface area contributed by atoms with Crippen molar-refractivity contribution in [1.82, 2.24) is 9.88 Å². The molecule has 2 amide bonds. The monoisotopic (exact) mass is 447 g/mol. The number of aromatic nitrogens is 1. The highest BCUT2D eigenvalue weighted by Crippen LogP contribution is 2.39. The smallest absolute Gasteiger partial charge is 0.235 e. The van der Waals surface area contributed by atoms with Gasteiger partial charge in [0.1, 0.15) is 0 Å². The van der Waals surface area contributed by atoms with Gasteiger partial charge in [-0.3, -0.25) is 14.6 Å². The molecule has 0 N–H and O–H groups in total. The topological polar surface area (TPSA) is 53.5 Å². The molecular weight excluding hydrogens is 410 g/mol. The maximum absolute atomic E-state index is 13.2. The summed E-state index contributed by atoms with van der Waals surface area (Å²) in [5.41, 5.74) is 2.90. The van der Waals surface area contributed by atoms with E-state index in [-0.39, 0.29) is 24.3 Å². The molecule has 5 nitrogen and oxygen atoms in total. The fourth-order valence-electron chi connectivity index (χ4n) is 3.74. The molecule has 1 unspecified atom stereocenters. The predicted molar refractivity (Wildman–Crippen MR) is 136 cm³/mol. The second-order valence-electron chi connectivity index (χ2n) is 8.28. The number of pyridine rings is 1. The third-order valence-electron chi connectivity index (χ3n) is 5.62. The van der Waals surface area contributed by atoms with Crippen molar-refractivity contribution < 1.29 is 9.59 Å². The number of fused-ring (bicyclic) bond motifs is 1. The molecule has 0 saturated heterocycles. The van der Waals surface area contributed by atoms with Crippen LogP contribution in [-0.4, -0.2) is 34.3 Å². The van der Waals surface area contributed by atoms with E-state index in [1.54, 1.807) is 17.3 Å². The van der Waals surface area contributed by atoms with Gasteiger partial charge in [-0.05, 0) is 63.4 Å². The van der Waals surface area contributed by atoms with E-state index in [1.807, 2.05) is 87.2 Å². The third kappa shape index (κ3) is 7.14. The molecular formula is C28H37N3O2.